The van der Waals surface area contributed by atoms with Crippen molar-refractivity contribution in [2.24, 2.45) is 9.98 Å². The van der Waals surface area contributed by atoms with Crippen LogP contribution in [0.25, 0.3) is 33.4 Å². The fourth-order valence-electron chi connectivity index (χ4n) is 9.93. The Bertz CT molecular complexity index is 2900. The number of para-hydroxylation sites is 1. The zero-order chi connectivity index (χ0) is 38.7. The van der Waals surface area contributed by atoms with E-state index in [9.17, 15) is 0 Å². The highest BCUT2D eigenvalue weighted by molar-refractivity contribution is 6.13. The third kappa shape index (κ3) is 5.66. The lowest BCUT2D eigenvalue weighted by Gasteiger charge is -2.32. The van der Waals surface area contributed by atoms with Crippen LogP contribution in [0.4, 0.5) is 11.4 Å². The van der Waals surface area contributed by atoms with Gasteiger partial charge in [-0.15, -0.1) is 0 Å². The van der Waals surface area contributed by atoms with Gasteiger partial charge >= 0.3 is 0 Å². The van der Waals surface area contributed by atoms with Gasteiger partial charge in [-0.1, -0.05) is 140 Å². The van der Waals surface area contributed by atoms with Crippen LogP contribution in [0.3, 0.4) is 0 Å². The van der Waals surface area contributed by atoms with Gasteiger partial charge < -0.3 is 9.47 Å². The van der Waals surface area contributed by atoms with E-state index < -0.39 is 0 Å². The fraction of sp³-hybridized carbons (Fsp3) is 0.148. The molecule has 0 N–H and O–H groups in total. The number of aryl methyl sites for hydroxylation is 1. The van der Waals surface area contributed by atoms with Crippen molar-refractivity contribution in [3.05, 3.63) is 215 Å². The van der Waals surface area contributed by atoms with Gasteiger partial charge in [-0.05, 0) is 114 Å². The second-order valence-electron chi connectivity index (χ2n) is 16.1. The Morgan fingerprint density at radius 3 is 2.22 bits per heavy atom. The Balaban J connectivity index is 1.11. The van der Waals surface area contributed by atoms with Gasteiger partial charge in [0.1, 0.15) is 0 Å². The van der Waals surface area contributed by atoms with E-state index in [0.29, 0.717) is 11.5 Å². The molecule has 2 atom stereocenters. The van der Waals surface area contributed by atoms with E-state index in [0.717, 1.165) is 41.7 Å². The molecule has 2 heterocycles. The second-order valence-corrected chi connectivity index (χ2v) is 16.1. The quantitative estimate of drug-likeness (QED) is 0.123. The van der Waals surface area contributed by atoms with Crippen molar-refractivity contribution in [3.8, 4) is 16.8 Å². The molecule has 1 aromatic heterocycles. The van der Waals surface area contributed by atoms with E-state index >= 15 is 0 Å². The molecule has 2 unspecified atom stereocenters. The predicted octanol–water partition coefficient (Wildman–Crippen LogP) is 12.7. The summed E-state index contributed by atoms with van der Waals surface area (Å²) in [5, 5.41) is 1.37. The average Bonchev–Trinajstić information content (AvgIpc) is 3.93. The van der Waals surface area contributed by atoms with E-state index in [4.69, 9.17) is 9.98 Å². The fourth-order valence-corrected chi connectivity index (χ4v) is 9.93. The van der Waals surface area contributed by atoms with Gasteiger partial charge in [0.05, 0.1) is 28.6 Å². The molecule has 1 aliphatic heterocycles. The van der Waals surface area contributed by atoms with Crippen LogP contribution in [-0.2, 0) is 19.3 Å². The smallest absolute Gasteiger partial charge is 0.160 e. The second kappa shape index (κ2) is 14.0. The number of benzene rings is 6. The summed E-state index contributed by atoms with van der Waals surface area (Å²) >= 11 is 0. The van der Waals surface area contributed by atoms with E-state index in [1.807, 2.05) is 48.5 Å². The number of nitrogens with zero attached hydrogens (tertiary/aromatic N) is 4. The lowest BCUT2D eigenvalue weighted by Crippen LogP contribution is -2.29. The molecule has 0 fully saturated rings. The monoisotopic (exact) mass is 748 g/mol. The molecule has 4 aliphatic rings. The summed E-state index contributed by atoms with van der Waals surface area (Å²) in [5.74, 6) is 0.901. The van der Waals surface area contributed by atoms with Gasteiger partial charge in [0.25, 0.3) is 0 Å². The molecule has 6 aromatic carbocycles. The molecule has 0 spiro atoms. The van der Waals surface area contributed by atoms with Gasteiger partial charge in [0, 0.05) is 34.0 Å². The van der Waals surface area contributed by atoms with Crippen molar-refractivity contribution < 1.29 is 0 Å². The van der Waals surface area contributed by atoms with Crippen molar-refractivity contribution in [3.63, 3.8) is 0 Å². The van der Waals surface area contributed by atoms with E-state index in [1.165, 1.54) is 79.9 Å². The standard InChI is InChI=1S/C54H44N4/c1-35(37-17-5-3-6-18-37)55-54(38-19-7-4-8-20-38)56-36(2)39-29-30-51(53(32-39)57-48-26-14-11-23-43(48)44-24-12-15-27-49(44)57)58-50-28-16-13-25-45(50)47-34-46-41(33-52(47)58)31-40-21-9-10-22-42(40)46/h3-11,13-14,16-23,25-26,28-30,32-34,45,50H,1,12,15,24,27,31H2,2H3/b55-54-,56-36+. The molecule has 7 aromatic rings. The molecular formula is C54H44N4. The number of fused-ring (bicyclic) bond motifs is 9. The molecule has 280 valence electrons. The van der Waals surface area contributed by atoms with Crippen molar-refractivity contribution in [1.82, 2.24) is 4.57 Å². The topological polar surface area (TPSA) is 32.9 Å². The van der Waals surface area contributed by atoms with Crippen molar-refractivity contribution in [2.45, 2.75) is 51.0 Å². The van der Waals surface area contributed by atoms with Gasteiger partial charge in [0.2, 0.25) is 0 Å². The van der Waals surface area contributed by atoms with Crippen LogP contribution in [0.2, 0.25) is 0 Å². The van der Waals surface area contributed by atoms with Crippen molar-refractivity contribution in [2.75, 3.05) is 4.90 Å². The molecule has 0 amide bonds. The summed E-state index contributed by atoms with van der Waals surface area (Å²) in [5.41, 5.74) is 19.5. The van der Waals surface area contributed by atoms with Crippen LogP contribution in [0.5, 0.6) is 0 Å². The first-order chi connectivity index (χ1) is 28.6. The average molecular weight is 749 g/mol. The van der Waals surface area contributed by atoms with Crippen LogP contribution >= 0.6 is 0 Å². The zero-order valence-electron chi connectivity index (χ0n) is 32.8. The molecule has 0 saturated carbocycles. The summed E-state index contributed by atoms with van der Waals surface area (Å²) in [4.78, 5) is 13.0. The Kier molecular flexibility index (Phi) is 8.32. The first-order valence-corrected chi connectivity index (χ1v) is 20.7. The highest BCUT2D eigenvalue weighted by atomic mass is 15.2. The van der Waals surface area contributed by atoms with E-state index in [-0.39, 0.29) is 12.0 Å². The normalized spacial score (nSPS) is 17.8. The highest BCUT2D eigenvalue weighted by Crippen LogP contribution is 2.53. The summed E-state index contributed by atoms with van der Waals surface area (Å²) in [6, 6.07) is 50.5. The zero-order valence-corrected chi connectivity index (χ0v) is 32.8. The summed E-state index contributed by atoms with van der Waals surface area (Å²) in [6.07, 6.45) is 14.8. The first-order valence-electron chi connectivity index (χ1n) is 20.7. The lowest BCUT2D eigenvalue weighted by molar-refractivity contribution is 0.666. The minimum Gasteiger partial charge on any atom is -0.332 e. The number of hydrogen-bond acceptors (Lipinski definition) is 2. The van der Waals surface area contributed by atoms with Crippen molar-refractivity contribution >= 4 is 39.5 Å². The number of rotatable bonds is 6. The molecule has 11 rings (SSSR count). The van der Waals surface area contributed by atoms with Gasteiger partial charge in [-0.2, -0.15) is 0 Å². The summed E-state index contributed by atoms with van der Waals surface area (Å²) < 4.78 is 2.60. The Morgan fingerprint density at radius 1 is 0.621 bits per heavy atom. The number of aliphatic imine (C=N–C) groups is 2. The van der Waals surface area contributed by atoms with Gasteiger partial charge in [0.15, 0.2) is 5.84 Å². The molecular weight excluding hydrogens is 705 g/mol. The lowest BCUT2D eigenvalue weighted by atomic mass is 9.89. The number of allylic oxidation sites excluding steroid dienone is 2. The first kappa shape index (κ1) is 34.5. The molecule has 0 saturated heterocycles. The van der Waals surface area contributed by atoms with Crippen LogP contribution in [0, 0.1) is 0 Å². The van der Waals surface area contributed by atoms with Crippen LogP contribution in [0.15, 0.2) is 180 Å². The molecule has 0 radical (unpaired) electrons. The number of aromatic nitrogens is 1. The summed E-state index contributed by atoms with van der Waals surface area (Å²) in [7, 11) is 0. The van der Waals surface area contributed by atoms with Crippen molar-refractivity contribution in [1.29, 1.82) is 0 Å². The molecule has 0 bridgehead atoms. The molecule has 4 heteroatoms. The largest absolute Gasteiger partial charge is 0.332 e. The molecule has 58 heavy (non-hydrogen) atoms. The number of hydrogen-bond donors (Lipinski definition) is 0. The third-order valence-electron chi connectivity index (χ3n) is 12.7. The number of amidine groups is 1. The van der Waals surface area contributed by atoms with E-state index in [2.05, 4.69) is 138 Å². The molecule has 4 nitrogen and oxygen atoms in total. The maximum atomic E-state index is 5.31. The van der Waals surface area contributed by atoms with Crippen LogP contribution in [0.1, 0.15) is 70.3 Å². The maximum Gasteiger partial charge on any atom is 0.160 e. The SMILES string of the molecule is C=C(/N=C(\N=C(/C)c1ccc(N2c3cc4c(cc3C3C=CC=CC32)-c2ccccc2C4)c(-n2c3c(c4ccccc42)CCCC3)c1)c1ccccc1)c1ccccc1. The highest BCUT2D eigenvalue weighted by Gasteiger charge is 2.40. The minimum absolute atomic E-state index is 0.163. The van der Waals surface area contributed by atoms with Gasteiger partial charge in [-0.3, -0.25) is 0 Å². The minimum atomic E-state index is 0.163. The van der Waals surface area contributed by atoms with Crippen LogP contribution < -0.4 is 4.90 Å². The Morgan fingerprint density at radius 2 is 1.36 bits per heavy atom. The Hall–Kier alpha value is -6.78. The summed E-state index contributed by atoms with van der Waals surface area (Å²) in [6.45, 7) is 6.47. The van der Waals surface area contributed by atoms with E-state index in [1.54, 1.807) is 0 Å². The third-order valence-corrected chi connectivity index (χ3v) is 12.7. The maximum absolute atomic E-state index is 5.31. The van der Waals surface area contributed by atoms with Crippen LogP contribution in [-0.4, -0.2) is 22.2 Å². The molecule has 3 aliphatic carbocycles. The predicted molar refractivity (Wildman–Crippen MR) is 242 cm³/mol. The Labute approximate surface area is 340 Å². The van der Waals surface area contributed by atoms with Gasteiger partial charge in [-0.25, -0.2) is 9.98 Å². The number of anilines is 2.